The van der Waals surface area contributed by atoms with Crippen LogP contribution in [0.15, 0.2) is 42.9 Å². The highest BCUT2D eigenvalue weighted by Gasteiger charge is 2.39. The van der Waals surface area contributed by atoms with Crippen LogP contribution in [-0.4, -0.2) is 37.9 Å². The molecular weight excluding hydrogens is 430 g/mol. The van der Waals surface area contributed by atoms with Crippen LogP contribution in [0.25, 0.3) is 5.69 Å². The maximum absolute atomic E-state index is 13.4. The lowest BCUT2D eigenvalue weighted by Crippen LogP contribution is -2.32. The second-order valence-electron chi connectivity index (χ2n) is 7.19. The zero-order chi connectivity index (χ0) is 23.0. The molecule has 0 N–H and O–H groups in total. The lowest BCUT2D eigenvalue weighted by molar-refractivity contribution is -0.189. The minimum atomic E-state index is -4.62. The first-order chi connectivity index (χ1) is 15.2. The van der Waals surface area contributed by atoms with Crippen molar-refractivity contribution in [2.24, 2.45) is 0 Å². The highest BCUT2D eigenvalue weighted by atomic mass is 19.4. The molecule has 164 valence electrons. The van der Waals surface area contributed by atoms with Gasteiger partial charge in [-0.05, 0) is 25.1 Å². The third-order valence-electron chi connectivity index (χ3n) is 4.93. The average Bonchev–Trinajstić information content (AvgIpc) is 3.32. The number of ether oxygens (including phenoxy) is 1. The summed E-state index contributed by atoms with van der Waals surface area (Å²) in [6.07, 6.45) is -2.62. The van der Waals surface area contributed by atoms with E-state index in [-0.39, 0.29) is 30.0 Å². The van der Waals surface area contributed by atoms with Gasteiger partial charge in [0.15, 0.2) is 6.10 Å². The van der Waals surface area contributed by atoms with Gasteiger partial charge in [-0.25, -0.2) is 9.07 Å². The van der Waals surface area contributed by atoms with Crippen LogP contribution in [0.2, 0.25) is 0 Å². The van der Waals surface area contributed by atoms with E-state index in [0.717, 1.165) is 13.1 Å². The summed E-state index contributed by atoms with van der Waals surface area (Å²) in [5, 5.41) is 13.5. The number of aromatic nitrogens is 3. The van der Waals surface area contributed by atoms with Gasteiger partial charge in [0.05, 0.1) is 47.5 Å². The van der Waals surface area contributed by atoms with E-state index in [1.807, 2.05) is 6.07 Å². The third kappa shape index (κ3) is 4.12. The molecule has 0 saturated heterocycles. The highest BCUT2D eigenvalue weighted by molar-refractivity contribution is 5.97. The molecule has 1 aliphatic heterocycles. The van der Waals surface area contributed by atoms with Crippen molar-refractivity contribution >= 4 is 5.91 Å². The van der Waals surface area contributed by atoms with E-state index >= 15 is 0 Å². The average molecular weight is 445 g/mol. The number of pyridine rings is 1. The number of benzene rings is 1. The Balaban J connectivity index is 1.57. The Morgan fingerprint density at radius 3 is 2.69 bits per heavy atom. The van der Waals surface area contributed by atoms with Gasteiger partial charge in [-0.2, -0.15) is 23.5 Å². The van der Waals surface area contributed by atoms with Crippen LogP contribution >= 0.6 is 0 Å². The minimum Gasteiger partial charge on any atom is -0.480 e. The fourth-order valence-corrected chi connectivity index (χ4v) is 3.25. The fourth-order valence-electron chi connectivity index (χ4n) is 3.25. The van der Waals surface area contributed by atoms with Crippen LogP contribution in [0.5, 0.6) is 5.75 Å². The van der Waals surface area contributed by atoms with Crippen molar-refractivity contribution < 1.29 is 27.1 Å². The van der Waals surface area contributed by atoms with E-state index in [9.17, 15) is 22.4 Å². The number of halogens is 4. The quantitative estimate of drug-likeness (QED) is 0.571. The molecule has 0 aliphatic carbocycles. The molecule has 11 heteroatoms. The second kappa shape index (κ2) is 7.96. The number of hydrogen-bond donors (Lipinski definition) is 0. The van der Waals surface area contributed by atoms with Gasteiger partial charge in [-0.15, -0.1) is 0 Å². The van der Waals surface area contributed by atoms with Crippen LogP contribution in [0.1, 0.15) is 34.1 Å². The van der Waals surface area contributed by atoms with Gasteiger partial charge in [0.1, 0.15) is 11.6 Å². The normalized spacial score (nSPS) is 14.1. The Bertz CT molecular complexity index is 1210. The zero-order valence-corrected chi connectivity index (χ0v) is 16.6. The Morgan fingerprint density at radius 1 is 1.25 bits per heavy atom. The molecule has 1 unspecified atom stereocenters. The summed E-state index contributed by atoms with van der Waals surface area (Å²) in [4.78, 5) is 18.2. The lowest BCUT2D eigenvalue weighted by Gasteiger charge is -2.22. The van der Waals surface area contributed by atoms with Crippen molar-refractivity contribution in [2.45, 2.75) is 32.3 Å². The Kier molecular flexibility index (Phi) is 5.30. The number of carbonyl (C=O) groups is 1. The van der Waals surface area contributed by atoms with Crippen LogP contribution < -0.4 is 4.74 Å². The number of nitriles is 1. The lowest BCUT2D eigenvalue weighted by atomic mass is 10.1. The monoisotopic (exact) mass is 445 g/mol. The summed E-state index contributed by atoms with van der Waals surface area (Å²) in [5.74, 6) is -1.38. The molecule has 4 rings (SSSR count). The summed E-state index contributed by atoms with van der Waals surface area (Å²) in [6.45, 7) is 1.07. The summed E-state index contributed by atoms with van der Waals surface area (Å²) < 4.78 is 58.7. The van der Waals surface area contributed by atoms with Crippen molar-refractivity contribution in [1.82, 2.24) is 19.7 Å². The Hall–Kier alpha value is -3.94. The van der Waals surface area contributed by atoms with Crippen molar-refractivity contribution in [3.63, 3.8) is 0 Å². The topological polar surface area (TPSA) is 84.0 Å². The first-order valence-corrected chi connectivity index (χ1v) is 9.41. The fraction of sp³-hybridized carbons (Fsp3) is 0.238. The molecule has 0 fully saturated rings. The maximum atomic E-state index is 13.4. The second-order valence-corrected chi connectivity index (χ2v) is 7.19. The predicted octanol–water partition coefficient (Wildman–Crippen LogP) is 3.76. The van der Waals surface area contributed by atoms with Gasteiger partial charge in [-0.1, -0.05) is 0 Å². The first kappa shape index (κ1) is 21.3. The SMILES string of the molecule is CC(Oc1ccc(C#N)cc1C(=O)N1Cc2cn(-c3cncc(F)c3)nc2C1)C(F)(F)F. The van der Waals surface area contributed by atoms with E-state index in [4.69, 9.17) is 10.00 Å². The number of hydrogen-bond acceptors (Lipinski definition) is 5. The van der Waals surface area contributed by atoms with Crippen LogP contribution in [0, 0.1) is 17.1 Å². The molecular formula is C21H15F4N5O2. The van der Waals surface area contributed by atoms with Gasteiger partial charge in [-0.3, -0.25) is 9.78 Å². The van der Waals surface area contributed by atoms with Crippen LogP contribution in [0.3, 0.4) is 0 Å². The van der Waals surface area contributed by atoms with Crippen molar-refractivity contribution in [3.05, 3.63) is 71.1 Å². The summed E-state index contributed by atoms with van der Waals surface area (Å²) in [7, 11) is 0. The number of amides is 1. The molecule has 3 heterocycles. The van der Waals surface area contributed by atoms with Crippen molar-refractivity contribution in [2.75, 3.05) is 0 Å². The van der Waals surface area contributed by atoms with Gasteiger partial charge in [0, 0.05) is 24.4 Å². The smallest absolute Gasteiger partial charge is 0.425 e. The van der Waals surface area contributed by atoms with Crippen molar-refractivity contribution in [3.8, 4) is 17.5 Å². The number of carbonyl (C=O) groups excluding carboxylic acids is 1. The molecule has 7 nitrogen and oxygen atoms in total. The number of rotatable bonds is 4. The maximum Gasteiger partial charge on any atom is 0.425 e. The molecule has 0 spiro atoms. The molecule has 1 aromatic carbocycles. The van der Waals surface area contributed by atoms with E-state index in [1.54, 1.807) is 6.20 Å². The third-order valence-corrected chi connectivity index (χ3v) is 4.93. The van der Waals surface area contributed by atoms with E-state index in [2.05, 4.69) is 10.1 Å². The van der Waals surface area contributed by atoms with E-state index < -0.39 is 24.0 Å². The molecule has 3 aromatic rings. The van der Waals surface area contributed by atoms with Gasteiger partial charge < -0.3 is 9.64 Å². The van der Waals surface area contributed by atoms with Gasteiger partial charge in [0.2, 0.25) is 0 Å². The highest BCUT2D eigenvalue weighted by Crippen LogP contribution is 2.31. The summed E-state index contributed by atoms with van der Waals surface area (Å²) >= 11 is 0. The standard InChI is InChI=1S/C21H15F4N5O2/c1-12(21(23,24)25)32-19-3-2-13(6-26)4-17(19)20(31)29-9-14-10-30(28-18(14)11-29)16-5-15(22)7-27-8-16/h2-5,7-8,10,12H,9,11H2,1H3. The molecule has 0 radical (unpaired) electrons. The molecule has 1 atom stereocenters. The van der Waals surface area contributed by atoms with Crippen LogP contribution in [0.4, 0.5) is 17.6 Å². The van der Waals surface area contributed by atoms with Gasteiger partial charge >= 0.3 is 6.18 Å². The molecule has 1 aliphatic rings. The predicted molar refractivity (Wildman–Crippen MR) is 102 cm³/mol. The zero-order valence-electron chi connectivity index (χ0n) is 16.6. The largest absolute Gasteiger partial charge is 0.480 e. The molecule has 1 amide bonds. The molecule has 2 aromatic heterocycles. The Morgan fingerprint density at radius 2 is 2.03 bits per heavy atom. The van der Waals surface area contributed by atoms with E-state index in [0.29, 0.717) is 16.9 Å². The number of alkyl halides is 3. The molecule has 0 bridgehead atoms. The Labute approximate surface area is 179 Å². The first-order valence-electron chi connectivity index (χ1n) is 9.41. The van der Waals surface area contributed by atoms with Crippen molar-refractivity contribution in [1.29, 1.82) is 5.26 Å². The summed E-state index contributed by atoms with van der Waals surface area (Å²) in [5.41, 5.74) is 1.64. The summed E-state index contributed by atoms with van der Waals surface area (Å²) in [6, 6.07) is 6.79. The minimum absolute atomic E-state index is 0.0922. The molecule has 32 heavy (non-hydrogen) atoms. The van der Waals surface area contributed by atoms with Crippen LogP contribution in [-0.2, 0) is 13.1 Å². The van der Waals surface area contributed by atoms with Gasteiger partial charge in [0.25, 0.3) is 5.91 Å². The molecule has 0 saturated carbocycles. The number of fused-ring (bicyclic) bond motifs is 1. The number of nitrogens with zero attached hydrogens (tertiary/aromatic N) is 5. The van der Waals surface area contributed by atoms with E-state index in [1.165, 1.54) is 40.0 Å².